The molecule has 1 aliphatic carbocycles. The fraction of sp³-hybridized carbons (Fsp3) is 0.250. The largest absolute Gasteiger partial charge is 0.301 e. The van der Waals surface area contributed by atoms with Crippen molar-refractivity contribution in [1.82, 2.24) is 14.8 Å². The Bertz CT molecular complexity index is 822. The van der Waals surface area contributed by atoms with Gasteiger partial charge < -0.3 is 4.57 Å². The van der Waals surface area contributed by atoms with Crippen molar-refractivity contribution >= 4 is 23.0 Å². The van der Waals surface area contributed by atoms with Gasteiger partial charge in [0.1, 0.15) is 5.82 Å². The second-order valence-corrected chi connectivity index (χ2v) is 5.75. The van der Waals surface area contributed by atoms with Crippen molar-refractivity contribution in [3.63, 3.8) is 0 Å². The maximum atomic E-state index is 5.35. The molecule has 2 aromatic carbocycles. The van der Waals surface area contributed by atoms with Crippen LogP contribution >= 0.6 is 12.2 Å². The van der Waals surface area contributed by atoms with Gasteiger partial charge in [-0.3, -0.25) is 5.10 Å². The van der Waals surface area contributed by atoms with Gasteiger partial charge in [0.15, 0.2) is 4.77 Å². The first-order valence-electron chi connectivity index (χ1n) is 6.95. The number of nitrogens with zero attached hydrogens (tertiary/aromatic N) is 2. The van der Waals surface area contributed by atoms with Gasteiger partial charge in [-0.2, -0.15) is 5.10 Å². The van der Waals surface area contributed by atoms with Crippen LogP contribution in [0.15, 0.2) is 42.5 Å². The van der Waals surface area contributed by atoms with E-state index in [0.717, 1.165) is 17.0 Å². The summed E-state index contributed by atoms with van der Waals surface area (Å²) in [7, 11) is 0. The molecule has 4 rings (SSSR count). The topological polar surface area (TPSA) is 33.6 Å². The third-order valence-corrected chi connectivity index (χ3v) is 4.21. The Morgan fingerprint density at radius 2 is 1.95 bits per heavy atom. The van der Waals surface area contributed by atoms with E-state index in [1.807, 2.05) is 0 Å². The van der Waals surface area contributed by atoms with Crippen molar-refractivity contribution in [2.75, 3.05) is 0 Å². The van der Waals surface area contributed by atoms with Crippen LogP contribution in [-0.4, -0.2) is 14.8 Å². The maximum Gasteiger partial charge on any atom is 0.195 e. The second kappa shape index (κ2) is 4.56. The van der Waals surface area contributed by atoms with E-state index in [1.165, 1.54) is 29.2 Å². The number of hydrogen-bond acceptors (Lipinski definition) is 2. The maximum absolute atomic E-state index is 5.35. The standard InChI is InChI=1S/C16H15N3S/c20-16-18-17-15(19(16)13-8-9-13)10-12-6-3-5-11-4-1-2-7-14(11)12/h1-7,13H,8-10H2,(H,18,20). The molecule has 1 aromatic heterocycles. The Morgan fingerprint density at radius 1 is 1.15 bits per heavy atom. The predicted octanol–water partition coefficient (Wildman–Crippen LogP) is 4.02. The third kappa shape index (κ3) is 1.96. The molecule has 1 fully saturated rings. The molecular weight excluding hydrogens is 266 g/mol. The quantitative estimate of drug-likeness (QED) is 0.736. The van der Waals surface area contributed by atoms with Crippen molar-refractivity contribution in [2.45, 2.75) is 25.3 Å². The summed E-state index contributed by atoms with van der Waals surface area (Å²) in [5, 5.41) is 9.94. The monoisotopic (exact) mass is 281 g/mol. The molecule has 3 nitrogen and oxygen atoms in total. The number of rotatable bonds is 3. The smallest absolute Gasteiger partial charge is 0.195 e. The highest BCUT2D eigenvalue weighted by molar-refractivity contribution is 7.71. The Kier molecular flexibility index (Phi) is 2.70. The summed E-state index contributed by atoms with van der Waals surface area (Å²) in [5.41, 5.74) is 1.30. The van der Waals surface area contributed by atoms with Gasteiger partial charge in [0.05, 0.1) is 0 Å². The average Bonchev–Trinajstić information content (AvgIpc) is 3.24. The van der Waals surface area contributed by atoms with Crippen molar-refractivity contribution in [3.05, 3.63) is 58.6 Å². The predicted molar refractivity (Wildman–Crippen MR) is 82.4 cm³/mol. The van der Waals surface area contributed by atoms with E-state index in [4.69, 9.17) is 12.2 Å². The zero-order chi connectivity index (χ0) is 13.5. The number of hydrogen-bond donors (Lipinski definition) is 1. The molecule has 4 heteroatoms. The summed E-state index contributed by atoms with van der Waals surface area (Å²) in [6.45, 7) is 0. The lowest BCUT2D eigenvalue weighted by atomic mass is 10.0. The zero-order valence-corrected chi connectivity index (χ0v) is 11.9. The van der Waals surface area contributed by atoms with Crippen LogP contribution in [0.2, 0.25) is 0 Å². The molecule has 0 saturated heterocycles. The van der Waals surface area contributed by atoms with Gasteiger partial charge in [-0.05, 0) is 41.4 Å². The van der Waals surface area contributed by atoms with E-state index in [9.17, 15) is 0 Å². The summed E-state index contributed by atoms with van der Waals surface area (Å²) in [6, 6.07) is 15.5. The van der Waals surface area contributed by atoms with E-state index < -0.39 is 0 Å². The van der Waals surface area contributed by atoms with Crippen LogP contribution in [0.3, 0.4) is 0 Å². The number of fused-ring (bicyclic) bond motifs is 1. The van der Waals surface area contributed by atoms with Crippen LogP contribution in [0.1, 0.15) is 30.3 Å². The molecule has 0 radical (unpaired) electrons. The molecule has 0 unspecified atom stereocenters. The van der Waals surface area contributed by atoms with Gasteiger partial charge in [0, 0.05) is 12.5 Å². The van der Waals surface area contributed by atoms with Crippen molar-refractivity contribution < 1.29 is 0 Å². The molecule has 0 spiro atoms. The van der Waals surface area contributed by atoms with E-state index in [-0.39, 0.29) is 0 Å². The minimum Gasteiger partial charge on any atom is -0.301 e. The molecule has 0 atom stereocenters. The lowest BCUT2D eigenvalue weighted by Crippen LogP contribution is -2.03. The normalized spacial score (nSPS) is 14.8. The van der Waals surface area contributed by atoms with Crippen LogP contribution in [0, 0.1) is 4.77 Å². The first kappa shape index (κ1) is 11.9. The Labute approximate surface area is 122 Å². The summed E-state index contributed by atoms with van der Waals surface area (Å²) in [4.78, 5) is 0. The van der Waals surface area contributed by atoms with Gasteiger partial charge in [-0.15, -0.1) is 0 Å². The molecule has 0 amide bonds. The van der Waals surface area contributed by atoms with Gasteiger partial charge in [0.2, 0.25) is 0 Å². The number of aromatic nitrogens is 3. The van der Waals surface area contributed by atoms with E-state index in [0.29, 0.717) is 6.04 Å². The molecule has 0 aliphatic heterocycles. The lowest BCUT2D eigenvalue weighted by Gasteiger charge is -2.08. The number of aromatic amines is 1. The van der Waals surface area contributed by atoms with Crippen LogP contribution < -0.4 is 0 Å². The van der Waals surface area contributed by atoms with Crippen LogP contribution in [0.25, 0.3) is 10.8 Å². The van der Waals surface area contributed by atoms with E-state index in [1.54, 1.807) is 0 Å². The average molecular weight is 281 g/mol. The summed E-state index contributed by atoms with van der Waals surface area (Å²) >= 11 is 5.35. The van der Waals surface area contributed by atoms with Gasteiger partial charge >= 0.3 is 0 Å². The first-order valence-corrected chi connectivity index (χ1v) is 7.36. The Balaban J connectivity index is 1.80. The highest BCUT2D eigenvalue weighted by Crippen LogP contribution is 2.36. The minimum absolute atomic E-state index is 0.561. The summed E-state index contributed by atoms with van der Waals surface area (Å²) in [5.74, 6) is 1.05. The van der Waals surface area contributed by atoms with E-state index >= 15 is 0 Å². The highest BCUT2D eigenvalue weighted by atomic mass is 32.1. The molecule has 0 bridgehead atoms. The van der Waals surface area contributed by atoms with Crippen molar-refractivity contribution in [1.29, 1.82) is 0 Å². The number of H-pyrrole nitrogens is 1. The third-order valence-electron chi connectivity index (χ3n) is 3.92. The molecule has 100 valence electrons. The van der Waals surface area contributed by atoms with Crippen LogP contribution in [-0.2, 0) is 6.42 Å². The fourth-order valence-electron chi connectivity index (χ4n) is 2.79. The molecule has 1 saturated carbocycles. The minimum atomic E-state index is 0.561. The van der Waals surface area contributed by atoms with Gasteiger partial charge in [-0.25, -0.2) is 0 Å². The molecular formula is C16H15N3S. The van der Waals surface area contributed by atoms with Crippen molar-refractivity contribution in [3.8, 4) is 0 Å². The number of benzene rings is 2. The van der Waals surface area contributed by atoms with E-state index in [2.05, 4.69) is 57.2 Å². The second-order valence-electron chi connectivity index (χ2n) is 5.36. The molecule has 20 heavy (non-hydrogen) atoms. The van der Waals surface area contributed by atoms with Crippen molar-refractivity contribution in [2.24, 2.45) is 0 Å². The Morgan fingerprint density at radius 3 is 2.80 bits per heavy atom. The molecule has 1 aliphatic rings. The molecule has 1 heterocycles. The lowest BCUT2D eigenvalue weighted by molar-refractivity contribution is 0.686. The van der Waals surface area contributed by atoms with Crippen LogP contribution in [0.4, 0.5) is 0 Å². The molecule has 1 N–H and O–H groups in total. The highest BCUT2D eigenvalue weighted by Gasteiger charge is 2.27. The molecule has 3 aromatic rings. The fourth-order valence-corrected chi connectivity index (χ4v) is 3.09. The Hall–Kier alpha value is -1.94. The summed E-state index contributed by atoms with van der Waals surface area (Å²) < 4.78 is 2.94. The van der Waals surface area contributed by atoms with Gasteiger partial charge in [0.25, 0.3) is 0 Å². The summed E-state index contributed by atoms with van der Waals surface area (Å²) in [6.07, 6.45) is 3.26. The zero-order valence-electron chi connectivity index (χ0n) is 11.0. The van der Waals surface area contributed by atoms with Crippen LogP contribution in [0.5, 0.6) is 0 Å². The van der Waals surface area contributed by atoms with Gasteiger partial charge in [-0.1, -0.05) is 42.5 Å². The number of nitrogens with one attached hydrogen (secondary N) is 1. The first-order chi connectivity index (χ1) is 9.83. The SMILES string of the molecule is S=c1[nH]nc(Cc2cccc3ccccc23)n1C1CC1.